The fraction of sp³-hybridized carbons (Fsp3) is 0.308. The molecular weight excluding hydrogens is 262 g/mol. The van der Waals surface area contributed by atoms with E-state index in [1.54, 1.807) is 12.1 Å². The summed E-state index contributed by atoms with van der Waals surface area (Å²) in [5.74, 6) is 0.767. The Kier molecular flexibility index (Phi) is 4.21. The van der Waals surface area contributed by atoms with Gasteiger partial charge < -0.3 is 4.74 Å². The van der Waals surface area contributed by atoms with Crippen molar-refractivity contribution in [3.05, 3.63) is 34.6 Å². The van der Waals surface area contributed by atoms with Gasteiger partial charge in [0.05, 0.1) is 6.10 Å². The number of aromatic nitrogens is 3. The molecule has 0 amide bonds. The second-order valence-corrected chi connectivity index (χ2v) is 5.00. The lowest BCUT2D eigenvalue weighted by Gasteiger charge is -2.09. The average molecular weight is 277 g/mol. The third-order valence-electron chi connectivity index (χ3n) is 2.37. The number of hydrogen-bond donors (Lipinski definition) is 1. The lowest BCUT2D eigenvalue weighted by Crippen LogP contribution is -2.14. The van der Waals surface area contributed by atoms with E-state index >= 15 is 0 Å². The Morgan fingerprint density at radius 3 is 2.42 bits per heavy atom. The first-order valence-corrected chi connectivity index (χ1v) is 7.10. The lowest BCUT2D eigenvalue weighted by atomic mass is 10.1. The summed E-state index contributed by atoms with van der Waals surface area (Å²) in [5.41, 5.74) is 0.795. The summed E-state index contributed by atoms with van der Waals surface area (Å²) in [6.45, 7) is 3.93. The summed E-state index contributed by atoms with van der Waals surface area (Å²) in [6.07, 6.45) is 1.95. The quantitative estimate of drug-likeness (QED) is 0.869. The van der Waals surface area contributed by atoms with Crippen molar-refractivity contribution in [2.75, 3.05) is 6.26 Å². The van der Waals surface area contributed by atoms with Gasteiger partial charge in [0.15, 0.2) is 10.9 Å². The van der Waals surface area contributed by atoms with E-state index in [4.69, 9.17) is 4.74 Å². The van der Waals surface area contributed by atoms with Gasteiger partial charge in [-0.3, -0.25) is 9.78 Å². The fourth-order valence-corrected chi connectivity index (χ4v) is 1.88. The zero-order chi connectivity index (χ0) is 13.8. The van der Waals surface area contributed by atoms with Gasteiger partial charge in [-0.1, -0.05) is 11.8 Å². The van der Waals surface area contributed by atoms with E-state index in [-0.39, 0.29) is 11.7 Å². The van der Waals surface area contributed by atoms with E-state index in [0.717, 1.165) is 11.3 Å². The van der Waals surface area contributed by atoms with Crippen molar-refractivity contribution < 1.29 is 4.74 Å². The zero-order valence-electron chi connectivity index (χ0n) is 11.0. The fourth-order valence-electron chi connectivity index (χ4n) is 1.57. The van der Waals surface area contributed by atoms with Crippen molar-refractivity contribution in [1.82, 2.24) is 15.2 Å². The number of benzene rings is 1. The lowest BCUT2D eigenvalue weighted by molar-refractivity contribution is 0.242. The molecule has 100 valence electrons. The topological polar surface area (TPSA) is 67.9 Å². The molecule has 0 unspecified atom stereocenters. The van der Waals surface area contributed by atoms with Gasteiger partial charge >= 0.3 is 0 Å². The molecule has 0 fully saturated rings. The summed E-state index contributed by atoms with van der Waals surface area (Å²) in [4.78, 5) is 14.5. The SMILES string of the molecule is CSc1nnc(-c2ccc(OC(C)C)cc2)c(=O)[nH]1. The van der Waals surface area contributed by atoms with E-state index < -0.39 is 0 Å². The van der Waals surface area contributed by atoms with Crippen LogP contribution in [0, 0.1) is 0 Å². The monoisotopic (exact) mass is 277 g/mol. The third-order valence-corrected chi connectivity index (χ3v) is 2.94. The van der Waals surface area contributed by atoms with Crippen molar-refractivity contribution >= 4 is 11.8 Å². The number of aromatic amines is 1. The van der Waals surface area contributed by atoms with Crippen LogP contribution in [0.4, 0.5) is 0 Å². The summed E-state index contributed by atoms with van der Waals surface area (Å²) in [7, 11) is 0. The Morgan fingerprint density at radius 1 is 1.21 bits per heavy atom. The highest BCUT2D eigenvalue weighted by atomic mass is 32.2. The molecule has 0 saturated heterocycles. The summed E-state index contributed by atoms with van der Waals surface area (Å²) < 4.78 is 5.55. The third kappa shape index (κ3) is 3.35. The van der Waals surface area contributed by atoms with Crippen molar-refractivity contribution in [2.24, 2.45) is 0 Å². The molecule has 5 nitrogen and oxygen atoms in total. The summed E-state index contributed by atoms with van der Waals surface area (Å²) in [6, 6.07) is 7.24. The largest absolute Gasteiger partial charge is 0.491 e. The number of thioether (sulfide) groups is 1. The molecule has 0 aliphatic carbocycles. The molecule has 0 radical (unpaired) electrons. The van der Waals surface area contributed by atoms with Gasteiger partial charge in [-0.2, -0.15) is 0 Å². The van der Waals surface area contributed by atoms with Crippen molar-refractivity contribution in [3.63, 3.8) is 0 Å². The number of nitrogens with zero attached hydrogens (tertiary/aromatic N) is 2. The standard InChI is InChI=1S/C13H15N3O2S/c1-8(2)18-10-6-4-9(5-7-10)11-12(17)14-13(19-3)16-15-11/h4-8H,1-3H3,(H,14,16,17). The van der Waals surface area contributed by atoms with E-state index in [0.29, 0.717) is 10.9 Å². The Bertz CT molecular complexity index is 608. The average Bonchev–Trinajstić information content (AvgIpc) is 2.39. The van der Waals surface area contributed by atoms with Crippen LogP contribution in [0.2, 0.25) is 0 Å². The van der Waals surface area contributed by atoms with Gasteiger partial charge in [-0.25, -0.2) is 0 Å². The highest BCUT2D eigenvalue weighted by Crippen LogP contribution is 2.19. The van der Waals surface area contributed by atoms with Gasteiger partial charge in [-0.05, 0) is 44.4 Å². The maximum atomic E-state index is 11.9. The van der Waals surface area contributed by atoms with Crippen LogP contribution in [0.15, 0.2) is 34.2 Å². The molecule has 19 heavy (non-hydrogen) atoms. The highest BCUT2D eigenvalue weighted by Gasteiger charge is 2.07. The molecule has 0 aliphatic rings. The number of nitrogens with one attached hydrogen (secondary N) is 1. The van der Waals surface area contributed by atoms with Crippen LogP contribution >= 0.6 is 11.8 Å². The van der Waals surface area contributed by atoms with E-state index in [1.165, 1.54) is 11.8 Å². The predicted molar refractivity (Wildman–Crippen MR) is 75.6 cm³/mol. The normalized spacial score (nSPS) is 10.7. The molecule has 2 rings (SSSR count). The van der Waals surface area contributed by atoms with Crippen LogP contribution in [0.5, 0.6) is 5.75 Å². The van der Waals surface area contributed by atoms with Gasteiger partial charge in [-0.15, -0.1) is 10.2 Å². The Labute approximate surface area is 115 Å². The maximum absolute atomic E-state index is 11.9. The molecule has 6 heteroatoms. The van der Waals surface area contributed by atoms with Crippen LogP contribution in [0.3, 0.4) is 0 Å². The zero-order valence-corrected chi connectivity index (χ0v) is 11.8. The van der Waals surface area contributed by atoms with E-state index in [1.807, 2.05) is 32.2 Å². The van der Waals surface area contributed by atoms with Crippen molar-refractivity contribution in [2.45, 2.75) is 25.1 Å². The second kappa shape index (κ2) is 5.88. The number of hydrogen-bond acceptors (Lipinski definition) is 5. The molecule has 0 saturated carbocycles. The first kappa shape index (κ1) is 13.6. The van der Waals surface area contributed by atoms with Gasteiger partial charge in [0, 0.05) is 5.56 Å². The minimum absolute atomic E-state index is 0.120. The Morgan fingerprint density at radius 2 is 1.89 bits per heavy atom. The van der Waals surface area contributed by atoms with Crippen molar-refractivity contribution in [3.8, 4) is 17.0 Å². The minimum atomic E-state index is -0.239. The van der Waals surface area contributed by atoms with E-state index in [2.05, 4.69) is 15.2 Å². The van der Waals surface area contributed by atoms with Crippen LogP contribution in [-0.4, -0.2) is 27.5 Å². The molecule has 0 atom stereocenters. The van der Waals surface area contributed by atoms with Gasteiger partial charge in [0.2, 0.25) is 0 Å². The Hall–Kier alpha value is -1.82. The second-order valence-electron chi connectivity index (χ2n) is 4.20. The van der Waals surface area contributed by atoms with Gasteiger partial charge in [0.1, 0.15) is 5.75 Å². The molecule has 1 aromatic carbocycles. The summed E-state index contributed by atoms with van der Waals surface area (Å²) in [5, 5.41) is 8.39. The smallest absolute Gasteiger partial charge is 0.278 e. The number of ether oxygens (including phenoxy) is 1. The molecule has 2 aromatic rings. The molecule has 0 bridgehead atoms. The first-order chi connectivity index (χ1) is 9.10. The number of H-pyrrole nitrogens is 1. The number of rotatable bonds is 4. The van der Waals surface area contributed by atoms with Crippen LogP contribution in [-0.2, 0) is 0 Å². The molecule has 1 aromatic heterocycles. The Balaban J connectivity index is 2.29. The molecule has 1 heterocycles. The molecular formula is C13H15N3O2S. The molecule has 0 spiro atoms. The maximum Gasteiger partial charge on any atom is 0.278 e. The van der Waals surface area contributed by atoms with Gasteiger partial charge in [0.25, 0.3) is 5.56 Å². The van der Waals surface area contributed by atoms with Crippen LogP contribution in [0.1, 0.15) is 13.8 Å². The van der Waals surface area contributed by atoms with E-state index in [9.17, 15) is 4.79 Å². The predicted octanol–water partition coefficient (Wildman–Crippen LogP) is 2.34. The summed E-state index contributed by atoms with van der Waals surface area (Å²) >= 11 is 1.35. The van der Waals surface area contributed by atoms with Crippen LogP contribution < -0.4 is 10.3 Å². The highest BCUT2D eigenvalue weighted by molar-refractivity contribution is 7.98. The van der Waals surface area contributed by atoms with Crippen molar-refractivity contribution in [1.29, 1.82) is 0 Å². The first-order valence-electron chi connectivity index (χ1n) is 5.88. The minimum Gasteiger partial charge on any atom is -0.491 e. The molecule has 1 N–H and O–H groups in total. The molecule has 0 aliphatic heterocycles. The van der Waals surface area contributed by atoms with Crippen LogP contribution in [0.25, 0.3) is 11.3 Å².